The normalized spacial score (nSPS) is 10.9. The molecule has 0 aliphatic rings. The minimum absolute atomic E-state index is 0.861. The van der Waals surface area contributed by atoms with Crippen molar-refractivity contribution in [3.63, 3.8) is 0 Å². The Balaban J connectivity index is 2.26. The molecule has 4 heteroatoms. The minimum Gasteiger partial charge on any atom is -0.313 e. The predicted octanol–water partition coefficient (Wildman–Crippen LogP) is 2.77. The summed E-state index contributed by atoms with van der Waals surface area (Å²) in [4.78, 5) is 4.33. The van der Waals surface area contributed by atoms with Crippen LogP contribution in [-0.2, 0) is 13.1 Å². The van der Waals surface area contributed by atoms with Crippen LogP contribution < -0.4 is 5.32 Å². The van der Waals surface area contributed by atoms with Crippen molar-refractivity contribution in [1.82, 2.24) is 20.1 Å². The van der Waals surface area contributed by atoms with Crippen molar-refractivity contribution >= 4 is 0 Å². The highest BCUT2D eigenvalue weighted by Gasteiger charge is 2.08. The molecule has 0 fully saturated rings. The molecule has 0 bridgehead atoms. The molecule has 0 spiro atoms. The van der Waals surface area contributed by atoms with Gasteiger partial charge in [-0.2, -0.15) is 5.10 Å². The second kappa shape index (κ2) is 6.48. The van der Waals surface area contributed by atoms with Crippen LogP contribution >= 0.6 is 0 Å². The van der Waals surface area contributed by atoms with Crippen molar-refractivity contribution in [2.75, 3.05) is 6.54 Å². The molecular weight excluding hydrogens is 236 g/mol. The Hall–Kier alpha value is -1.68. The maximum absolute atomic E-state index is 4.45. The van der Waals surface area contributed by atoms with E-state index < -0.39 is 0 Å². The third-order valence-corrected chi connectivity index (χ3v) is 3.22. The van der Waals surface area contributed by atoms with E-state index in [9.17, 15) is 0 Å². The molecule has 0 radical (unpaired) electrons. The van der Waals surface area contributed by atoms with Gasteiger partial charge in [-0.15, -0.1) is 0 Å². The molecule has 0 aliphatic carbocycles. The van der Waals surface area contributed by atoms with Crippen LogP contribution in [0.2, 0.25) is 0 Å². The summed E-state index contributed by atoms with van der Waals surface area (Å²) in [5.41, 5.74) is 4.75. The smallest absolute Gasteiger partial charge is 0.0571 e. The van der Waals surface area contributed by atoms with Crippen LogP contribution in [0.25, 0.3) is 11.1 Å². The van der Waals surface area contributed by atoms with E-state index in [1.807, 2.05) is 18.6 Å². The molecule has 2 heterocycles. The van der Waals surface area contributed by atoms with E-state index in [0.29, 0.717) is 0 Å². The molecule has 0 unspecified atom stereocenters. The second-order valence-corrected chi connectivity index (χ2v) is 4.73. The Bertz CT molecular complexity index is 531. The van der Waals surface area contributed by atoms with Gasteiger partial charge >= 0.3 is 0 Å². The second-order valence-electron chi connectivity index (χ2n) is 4.73. The summed E-state index contributed by atoms with van der Waals surface area (Å²) in [6, 6.07) is 2.19. The topological polar surface area (TPSA) is 42.7 Å². The summed E-state index contributed by atoms with van der Waals surface area (Å²) in [6.45, 7) is 9.19. The first-order valence-corrected chi connectivity index (χ1v) is 6.93. The van der Waals surface area contributed by atoms with Gasteiger partial charge in [0.2, 0.25) is 0 Å². The summed E-state index contributed by atoms with van der Waals surface area (Å²) in [6.07, 6.45) is 6.87. The first-order chi connectivity index (χ1) is 9.26. The van der Waals surface area contributed by atoms with Crippen LogP contribution in [0.3, 0.4) is 0 Å². The lowest BCUT2D eigenvalue weighted by atomic mass is 10.1. The van der Waals surface area contributed by atoms with Gasteiger partial charge in [0.15, 0.2) is 0 Å². The first kappa shape index (κ1) is 13.7. The zero-order chi connectivity index (χ0) is 13.7. The van der Waals surface area contributed by atoms with Crippen molar-refractivity contribution in [3.8, 4) is 11.1 Å². The first-order valence-electron chi connectivity index (χ1n) is 6.93. The average molecular weight is 258 g/mol. The molecule has 4 nitrogen and oxygen atoms in total. The Kier molecular flexibility index (Phi) is 4.68. The molecule has 1 N–H and O–H groups in total. The Morgan fingerprint density at radius 2 is 2.05 bits per heavy atom. The number of nitrogens with one attached hydrogen (secondary N) is 1. The monoisotopic (exact) mass is 258 g/mol. The summed E-state index contributed by atoms with van der Waals surface area (Å²) in [7, 11) is 0. The molecule has 0 saturated heterocycles. The summed E-state index contributed by atoms with van der Waals surface area (Å²) in [5, 5.41) is 7.77. The molecule has 0 aliphatic heterocycles. The Morgan fingerprint density at radius 3 is 2.79 bits per heavy atom. The lowest BCUT2D eigenvalue weighted by Gasteiger charge is -2.06. The average Bonchev–Trinajstić information content (AvgIpc) is 2.79. The van der Waals surface area contributed by atoms with Gasteiger partial charge in [0.1, 0.15) is 0 Å². The van der Waals surface area contributed by atoms with E-state index in [1.54, 1.807) is 0 Å². The van der Waals surface area contributed by atoms with Gasteiger partial charge in [-0.05, 0) is 31.5 Å². The van der Waals surface area contributed by atoms with E-state index >= 15 is 0 Å². The lowest BCUT2D eigenvalue weighted by molar-refractivity contribution is 0.587. The van der Waals surface area contributed by atoms with Crippen molar-refractivity contribution in [2.45, 2.75) is 40.3 Å². The number of nitrogens with zero attached hydrogens (tertiary/aromatic N) is 3. The van der Waals surface area contributed by atoms with Gasteiger partial charge in [0, 0.05) is 42.3 Å². The largest absolute Gasteiger partial charge is 0.313 e. The van der Waals surface area contributed by atoms with E-state index in [1.165, 1.54) is 16.8 Å². The van der Waals surface area contributed by atoms with E-state index in [0.717, 1.165) is 31.6 Å². The molecule has 0 atom stereocenters. The minimum atomic E-state index is 0.861. The molecular formula is C15H22N4. The highest BCUT2D eigenvalue weighted by molar-refractivity contribution is 5.64. The summed E-state index contributed by atoms with van der Waals surface area (Å²) in [5.74, 6) is 0. The maximum atomic E-state index is 4.45. The summed E-state index contributed by atoms with van der Waals surface area (Å²) >= 11 is 0. The lowest BCUT2D eigenvalue weighted by Crippen LogP contribution is -2.11. The zero-order valence-corrected chi connectivity index (χ0v) is 12.0. The van der Waals surface area contributed by atoms with Crippen LogP contribution in [0.15, 0.2) is 24.7 Å². The SMILES string of the molecule is CCCn1ncc(-c2cncc(CNCC)c2)c1C. The van der Waals surface area contributed by atoms with Crippen molar-refractivity contribution < 1.29 is 0 Å². The number of pyridine rings is 1. The molecule has 19 heavy (non-hydrogen) atoms. The van der Waals surface area contributed by atoms with E-state index in [2.05, 4.69) is 46.9 Å². The van der Waals surface area contributed by atoms with Gasteiger partial charge in [-0.3, -0.25) is 9.67 Å². The fourth-order valence-electron chi connectivity index (χ4n) is 2.17. The third kappa shape index (κ3) is 3.20. The van der Waals surface area contributed by atoms with Gasteiger partial charge in [0.25, 0.3) is 0 Å². The van der Waals surface area contributed by atoms with E-state index in [4.69, 9.17) is 0 Å². The zero-order valence-electron chi connectivity index (χ0n) is 12.0. The fraction of sp³-hybridized carbons (Fsp3) is 0.467. The summed E-state index contributed by atoms with van der Waals surface area (Å²) < 4.78 is 2.06. The molecule has 0 aromatic carbocycles. The standard InChI is InChI=1S/C15H22N4/c1-4-6-19-12(3)15(11-18-19)14-7-13(8-16-5-2)9-17-10-14/h7,9-11,16H,4-6,8H2,1-3H3. The maximum Gasteiger partial charge on any atom is 0.0571 e. The predicted molar refractivity (Wildman–Crippen MR) is 77.9 cm³/mol. The fourth-order valence-corrected chi connectivity index (χ4v) is 2.17. The highest BCUT2D eigenvalue weighted by Crippen LogP contribution is 2.23. The van der Waals surface area contributed by atoms with Crippen LogP contribution in [0.4, 0.5) is 0 Å². The van der Waals surface area contributed by atoms with Gasteiger partial charge < -0.3 is 5.32 Å². The molecule has 102 valence electrons. The van der Waals surface area contributed by atoms with Crippen LogP contribution in [0, 0.1) is 6.92 Å². The quantitative estimate of drug-likeness (QED) is 0.866. The molecule has 2 rings (SSSR count). The highest BCUT2D eigenvalue weighted by atomic mass is 15.3. The number of aryl methyl sites for hydroxylation is 1. The number of aromatic nitrogens is 3. The van der Waals surface area contributed by atoms with Crippen molar-refractivity contribution in [3.05, 3.63) is 35.9 Å². The number of rotatable bonds is 6. The van der Waals surface area contributed by atoms with Gasteiger partial charge in [0.05, 0.1) is 6.20 Å². The molecule has 2 aromatic rings. The van der Waals surface area contributed by atoms with Crippen molar-refractivity contribution in [1.29, 1.82) is 0 Å². The molecule has 0 amide bonds. The Morgan fingerprint density at radius 1 is 1.21 bits per heavy atom. The molecule has 2 aromatic heterocycles. The van der Waals surface area contributed by atoms with E-state index in [-0.39, 0.29) is 0 Å². The third-order valence-electron chi connectivity index (χ3n) is 3.22. The molecule has 0 saturated carbocycles. The number of hydrogen-bond donors (Lipinski definition) is 1. The van der Waals surface area contributed by atoms with Crippen LogP contribution in [0.1, 0.15) is 31.5 Å². The Labute approximate surface area is 114 Å². The number of hydrogen-bond acceptors (Lipinski definition) is 3. The van der Waals surface area contributed by atoms with Gasteiger partial charge in [-0.25, -0.2) is 0 Å². The van der Waals surface area contributed by atoms with Crippen LogP contribution in [-0.4, -0.2) is 21.3 Å². The van der Waals surface area contributed by atoms with Gasteiger partial charge in [-0.1, -0.05) is 13.8 Å². The van der Waals surface area contributed by atoms with Crippen LogP contribution in [0.5, 0.6) is 0 Å². The van der Waals surface area contributed by atoms with Crippen molar-refractivity contribution in [2.24, 2.45) is 0 Å².